The Balaban J connectivity index is 3.54. The Bertz CT molecular complexity index is 139. The van der Waals surface area contributed by atoms with Gasteiger partial charge in [-0.05, 0) is 13.3 Å². The van der Waals surface area contributed by atoms with Crippen LogP contribution in [0.3, 0.4) is 0 Å². The standard InChI is InChI=1S/C10H20O2/c1-5-6-7-12-8-10(3,4)9(2)11/h5-8H2,1-4H3. The van der Waals surface area contributed by atoms with Gasteiger partial charge in [0.25, 0.3) is 0 Å². The van der Waals surface area contributed by atoms with Crippen molar-refractivity contribution >= 4 is 5.78 Å². The zero-order valence-electron chi connectivity index (χ0n) is 8.64. The van der Waals surface area contributed by atoms with E-state index in [0.717, 1.165) is 19.4 Å². The van der Waals surface area contributed by atoms with Crippen LogP contribution in [0.2, 0.25) is 0 Å². The molecule has 0 N–H and O–H groups in total. The molecular weight excluding hydrogens is 152 g/mol. The second-order valence-electron chi connectivity index (χ2n) is 3.85. The molecule has 0 aromatic carbocycles. The van der Waals surface area contributed by atoms with Crippen LogP contribution in [-0.2, 0) is 9.53 Å². The lowest BCUT2D eigenvalue weighted by Gasteiger charge is -2.20. The van der Waals surface area contributed by atoms with Gasteiger partial charge in [0, 0.05) is 12.0 Å². The molecule has 0 aromatic heterocycles. The highest BCUT2D eigenvalue weighted by molar-refractivity contribution is 5.81. The lowest BCUT2D eigenvalue weighted by atomic mass is 9.90. The number of unbranched alkanes of at least 4 members (excludes halogenated alkanes) is 1. The number of hydrogen-bond acceptors (Lipinski definition) is 2. The molecule has 0 saturated heterocycles. The van der Waals surface area contributed by atoms with Crippen molar-refractivity contribution in [3.8, 4) is 0 Å². The first-order chi connectivity index (χ1) is 5.50. The number of carbonyl (C=O) groups is 1. The van der Waals surface area contributed by atoms with Crippen LogP contribution >= 0.6 is 0 Å². The summed E-state index contributed by atoms with van der Waals surface area (Å²) in [6, 6.07) is 0. The largest absolute Gasteiger partial charge is 0.380 e. The fourth-order valence-electron chi connectivity index (χ4n) is 0.675. The smallest absolute Gasteiger partial charge is 0.137 e. The maximum atomic E-state index is 11.0. The lowest BCUT2D eigenvalue weighted by Crippen LogP contribution is -2.27. The van der Waals surface area contributed by atoms with Crippen molar-refractivity contribution in [1.82, 2.24) is 0 Å². The SMILES string of the molecule is CCCCOCC(C)(C)C(C)=O. The van der Waals surface area contributed by atoms with E-state index in [4.69, 9.17) is 4.74 Å². The van der Waals surface area contributed by atoms with E-state index in [1.54, 1.807) is 6.92 Å². The molecule has 0 fully saturated rings. The predicted molar refractivity (Wildman–Crippen MR) is 50.2 cm³/mol. The zero-order valence-corrected chi connectivity index (χ0v) is 8.64. The summed E-state index contributed by atoms with van der Waals surface area (Å²) in [6.45, 7) is 8.89. The number of hydrogen-bond donors (Lipinski definition) is 0. The van der Waals surface area contributed by atoms with E-state index >= 15 is 0 Å². The van der Waals surface area contributed by atoms with Gasteiger partial charge in [-0.25, -0.2) is 0 Å². The molecule has 0 rings (SSSR count). The van der Waals surface area contributed by atoms with E-state index in [2.05, 4.69) is 6.92 Å². The molecule has 0 aliphatic rings. The van der Waals surface area contributed by atoms with Gasteiger partial charge in [-0.15, -0.1) is 0 Å². The fraction of sp³-hybridized carbons (Fsp3) is 0.900. The Morgan fingerprint density at radius 3 is 2.42 bits per heavy atom. The number of ketones is 1. The van der Waals surface area contributed by atoms with Gasteiger partial charge >= 0.3 is 0 Å². The van der Waals surface area contributed by atoms with Crippen molar-refractivity contribution in [2.75, 3.05) is 13.2 Å². The van der Waals surface area contributed by atoms with Crippen LogP contribution in [0, 0.1) is 5.41 Å². The minimum absolute atomic E-state index is 0.194. The van der Waals surface area contributed by atoms with Gasteiger partial charge in [-0.2, -0.15) is 0 Å². The van der Waals surface area contributed by atoms with E-state index in [0.29, 0.717) is 6.61 Å². The monoisotopic (exact) mass is 172 g/mol. The quantitative estimate of drug-likeness (QED) is 0.575. The average molecular weight is 172 g/mol. The van der Waals surface area contributed by atoms with Crippen LogP contribution in [0.1, 0.15) is 40.5 Å². The van der Waals surface area contributed by atoms with E-state index in [9.17, 15) is 4.79 Å². The molecule has 2 nitrogen and oxygen atoms in total. The first kappa shape index (κ1) is 11.6. The molecule has 0 saturated carbocycles. The van der Waals surface area contributed by atoms with Gasteiger partial charge in [-0.3, -0.25) is 4.79 Å². The van der Waals surface area contributed by atoms with Gasteiger partial charge in [0.15, 0.2) is 0 Å². The Labute approximate surface area is 75.3 Å². The molecule has 0 aromatic rings. The molecule has 0 unspecified atom stereocenters. The summed E-state index contributed by atoms with van der Waals surface area (Å²) in [5.74, 6) is 0.194. The van der Waals surface area contributed by atoms with Crippen LogP contribution in [0.5, 0.6) is 0 Å². The van der Waals surface area contributed by atoms with Crippen LogP contribution in [0.25, 0.3) is 0 Å². The predicted octanol–water partition coefficient (Wildman–Crippen LogP) is 2.42. The number of Topliss-reactive ketones (excluding diaryl/α,β-unsaturated/α-hetero) is 1. The van der Waals surface area contributed by atoms with E-state index in [1.807, 2.05) is 13.8 Å². The molecule has 2 heteroatoms. The van der Waals surface area contributed by atoms with Crippen molar-refractivity contribution in [2.24, 2.45) is 5.41 Å². The summed E-state index contributed by atoms with van der Waals surface area (Å²) < 4.78 is 5.38. The van der Waals surface area contributed by atoms with E-state index in [1.165, 1.54) is 0 Å². The molecule has 0 bridgehead atoms. The minimum Gasteiger partial charge on any atom is -0.380 e. The van der Waals surface area contributed by atoms with E-state index < -0.39 is 0 Å². The lowest BCUT2D eigenvalue weighted by molar-refractivity contribution is -0.128. The molecule has 0 spiro atoms. The fourth-order valence-corrected chi connectivity index (χ4v) is 0.675. The third kappa shape index (κ3) is 4.50. The van der Waals surface area contributed by atoms with Crippen LogP contribution in [-0.4, -0.2) is 19.0 Å². The van der Waals surface area contributed by atoms with E-state index in [-0.39, 0.29) is 11.2 Å². The second-order valence-corrected chi connectivity index (χ2v) is 3.85. The Hall–Kier alpha value is -0.370. The van der Waals surface area contributed by atoms with Crippen LogP contribution in [0.4, 0.5) is 0 Å². The highest BCUT2D eigenvalue weighted by Gasteiger charge is 2.23. The number of rotatable bonds is 6. The molecule has 0 heterocycles. The van der Waals surface area contributed by atoms with Crippen molar-refractivity contribution in [1.29, 1.82) is 0 Å². The summed E-state index contributed by atoms with van der Waals surface area (Å²) in [7, 11) is 0. The summed E-state index contributed by atoms with van der Waals surface area (Å²) in [5, 5.41) is 0. The maximum absolute atomic E-state index is 11.0. The topological polar surface area (TPSA) is 26.3 Å². The van der Waals surface area contributed by atoms with Crippen molar-refractivity contribution in [3.05, 3.63) is 0 Å². The number of carbonyl (C=O) groups excluding carboxylic acids is 1. The highest BCUT2D eigenvalue weighted by Crippen LogP contribution is 2.16. The summed E-state index contributed by atoms with van der Waals surface area (Å²) in [4.78, 5) is 11.0. The normalized spacial score (nSPS) is 11.7. The number of ether oxygens (including phenoxy) is 1. The molecule has 12 heavy (non-hydrogen) atoms. The first-order valence-electron chi connectivity index (χ1n) is 4.59. The molecule has 0 amide bonds. The van der Waals surface area contributed by atoms with Crippen LogP contribution in [0.15, 0.2) is 0 Å². The molecule has 0 radical (unpaired) electrons. The Morgan fingerprint density at radius 1 is 1.42 bits per heavy atom. The van der Waals surface area contributed by atoms with Gasteiger partial charge in [-0.1, -0.05) is 27.2 Å². The summed E-state index contributed by atoms with van der Waals surface area (Å²) in [6.07, 6.45) is 2.22. The molecule has 0 atom stereocenters. The molecule has 0 aliphatic heterocycles. The van der Waals surface area contributed by atoms with Crippen molar-refractivity contribution < 1.29 is 9.53 Å². The third-order valence-corrected chi connectivity index (χ3v) is 2.06. The van der Waals surface area contributed by atoms with Gasteiger partial charge in [0.05, 0.1) is 6.61 Å². The Morgan fingerprint density at radius 2 is 2.00 bits per heavy atom. The Kier molecular flexibility index (Phi) is 5.14. The highest BCUT2D eigenvalue weighted by atomic mass is 16.5. The summed E-state index contributed by atoms with van der Waals surface area (Å²) in [5.41, 5.74) is -0.312. The van der Waals surface area contributed by atoms with Gasteiger partial charge < -0.3 is 4.74 Å². The summed E-state index contributed by atoms with van der Waals surface area (Å²) >= 11 is 0. The zero-order chi connectivity index (χ0) is 9.61. The maximum Gasteiger partial charge on any atom is 0.137 e. The second kappa shape index (κ2) is 5.31. The third-order valence-electron chi connectivity index (χ3n) is 2.06. The first-order valence-corrected chi connectivity index (χ1v) is 4.59. The average Bonchev–Trinajstić information content (AvgIpc) is 1.98. The molecule has 0 aliphatic carbocycles. The van der Waals surface area contributed by atoms with Gasteiger partial charge in [0.2, 0.25) is 0 Å². The molecule has 72 valence electrons. The minimum atomic E-state index is -0.312. The molecular formula is C10H20O2. The van der Waals surface area contributed by atoms with Crippen LogP contribution < -0.4 is 0 Å². The van der Waals surface area contributed by atoms with Gasteiger partial charge in [0.1, 0.15) is 5.78 Å². The van der Waals surface area contributed by atoms with Crippen molar-refractivity contribution in [2.45, 2.75) is 40.5 Å². The van der Waals surface area contributed by atoms with Crippen molar-refractivity contribution in [3.63, 3.8) is 0 Å².